The lowest BCUT2D eigenvalue weighted by Crippen LogP contribution is -2.02. The van der Waals surface area contributed by atoms with Crippen molar-refractivity contribution in [3.05, 3.63) is 76.5 Å². The minimum atomic E-state index is -0.334. The number of ether oxygens (including phenoxy) is 4. The van der Waals surface area contributed by atoms with Crippen LogP contribution in [0.4, 0.5) is 0 Å². The number of fused-ring (bicyclic) bond motifs is 1. The lowest BCUT2D eigenvalue weighted by Gasteiger charge is -2.15. The van der Waals surface area contributed by atoms with Gasteiger partial charge in [-0.25, -0.2) is 0 Å². The molecule has 32 heavy (non-hydrogen) atoms. The average molecular weight is 434 g/mol. The fourth-order valence-electron chi connectivity index (χ4n) is 3.46. The molecule has 0 radical (unpaired) electrons. The van der Waals surface area contributed by atoms with Gasteiger partial charge in [0.25, 0.3) is 0 Å². The van der Waals surface area contributed by atoms with Crippen molar-refractivity contribution >= 4 is 11.0 Å². The van der Waals surface area contributed by atoms with Crippen molar-refractivity contribution in [1.29, 1.82) is 0 Å². The van der Waals surface area contributed by atoms with Gasteiger partial charge in [0, 0.05) is 23.8 Å². The fraction of sp³-hybridized carbons (Fsp3) is 0.160. The highest BCUT2D eigenvalue weighted by Crippen LogP contribution is 2.38. The van der Waals surface area contributed by atoms with Crippen LogP contribution in [-0.4, -0.2) is 26.4 Å². The average Bonchev–Trinajstić information content (AvgIpc) is 2.81. The molecule has 0 fully saturated rings. The second-order valence-corrected chi connectivity index (χ2v) is 6.98. The number of methoxy groups -OCH3 is 3. The van der Waals surface area contributed by atoms with E-state index >= 15 is 0 Å². The van der Waals surface area contributed by atoms with Crippen molar-refractivity contribution in [3.8, 4) is 40.1 Å². The maximum atomic E-state index is 12.6. The molecule has 4 aromatic rings. The molecular weight excluding hydrogens is 412 g/mol. The Bertz CT molecular complexity index is 1280. The van der Waals surface area contributed by atoms with Crippen LogP contribution in [0.3, 0.4) is 0 Å². The van der Waals surface area contributed by atoms with Crippen LogP contribution in [0.15, 0.2) is 69.9 Å². The highest BCUT2D eigenvalue weighted by atomic mass is 16.5. The van der Waals surface area contributed by atoms with Gasteiger partial charge in [0.1, 0.15) is 34.8 Å². The largest absolute Gasteiger partial charge is 0.507 e. The van der Waals surface area contributed by atoms with E-state index in [1.807, 2.05) is 30.3 Å². The van der Waals surface area contributed by atoms with Gasteiger partial charge in [0.15, 0.2) is 16.9 Å². The molecule has 0 aliphatic rings. The van der Waals surface area contributed by atoms with Crippen LogP contribution in [-0.2, 0) is 6.61 Å². The first-order valence-corrected chi connectivity index (χ1v) is 9.82. The highest BCUT2D eigenvalue weighted by molar-refractivity contribution is 5.86. The lowest BCUT2D eigenvalue weighted by atomic mass is 10.1. The van der Waals surface area contributed by atoms with Crippen LogP contribution in [0.1, 0.15) is 5.56 Å². The van der Waals surface area contributed by atoms with Crippen LogP contribution < -0.4 is 24.4 Å². The summed E-state index contributed by atoms with van der Waals surface area (Å²) in [7, 11) is 4.61. The van der Waals surface area contributed by atoms with Crippen LogP contribution >= 0.6 is 0 Å². The molecule has 1 aromatic heterocycles. The number of hydrogen-bond acceptors (Lipinski definition) is 7. The van der Waals surface area contributed by atoms with E-state index in [-0.39, 0.29) is 28.8 Å². The molecule has 0 saturated heterocycles. The third kappa shape index (κ3) is 4.05. The smallest absolute Gasteiger partial charge is 0.203 e. The van der Waals surface area contributed by atoms with Crippen molar-refractivity contribution in [2.45, 2.75) is 6.61 Å². The zero-order valence-electron chi connectivity index (χ0n) is 17.9. The van der Waals surface area contributed by atoms with Gasteiger partial charge in [-0.15, -0.1) is 0 Å². The predicted molar refractivity (Wildman–Crippen MR) is 120 cm³/mol. The van der Waals surface area contributed by atoms with Crippen LogP contribution in [0.25, 0.3) is 22.3 Å². The van der Waals surface area contributed by atoms with Gasteiger partial charge < -0.3 is 28.5 Å². The second-order valence-electron chi connectivity index (χ2n) is 6.98. The molecule has 1 heterocycles. The van der Waals surface area contributed by atoms with Gasteiger partial charge in [-0.2, -0.15) is 0 Å². The summed E-state index contributed by atoms with van der Waals surface area (Å²) in [6.07, 6.45) is 0. The summed E-state index contributed by atoms with van der Waals surface area (Å²) >= 11 is 0. The first-order chi connectivity index (χ1) is 15.5. The molecule has 7 heteroatoms. The van der Waals surface area contributed by atoms with E-state index in [2.05, 4.69) is 0 Å². The molecule has 3 aromatic carbocycles. The number of rotatable bonds is 7. The van der Waals surface area contributed by atoms with Gasteiger partial charge in [-0.3, -0.25) is 4.79 Å². The molecule has 0 aliphatic carbocycles. The fourth-order valence-corrected chi connectivity index (χ4v) is 3.46. The van der Waals surface area contributed by atoms with E-state index in [0.717, 1.165) is 11.1 Å². The SMILES string of the molecule is COc1cc(COc2cc(O)c3c(=O)cc(-c4ccccc4)oc3c2)cc(OC)c1OC. The lowest BCUT2D eigenvalue weighted by molar-refractivity contribution is 0.297. The van der Waals surface area contributed by atoms with E-state index < -0.39 is 0 Å². The Hall–Kier alpha value is -4.13. The van der Waals surface area contributed by atoms with Crippen molar-refractivity contribution in [2.24, 2.45) is 0 Å². The summed E-state index contributed by atoms with van der Waals surface area (Å²) in [5.41, 5.74) is 1.42. The van der Waals surface area contributed by atoms with Crippen molar-refractivity contribution in [3.63, 3.8) is 0 Å². The second kappa shape index (κ2) is 8.93. The monoisotopic (exact) mass is 434 g/mol. The van der Waals surface area contributed by atoms with Crippen molar-refractivity contribution in [2.75, 3.05) is 21.3 Å². The van der Waals surface area contributed by atoms with E-state index in [1.165, 1.54) is 33.5 Å². The number of phenolic OH excluding ortho intramolecular Hbond substituents is 1. The number of hydrogen-bond donors (Lipinski definition) is 1. The quantitative estimate of drug-likeness (QED) is 0.448. The van der Waals surface area contributed by atoms with Crippen LogP contribution in [0.5, 0.6) is 28.7 Å². The summed E-state index contributed by atoms with van der Waals surface area (Å²) in [5, 5.41) is 10.5. The molecule has 164 valence electrons. The minimum Gasteiger partial charge on any atom is -0.507 e. The Morgan fingerprint density at radius 3 is 2.19 bits per heavy atom. The Morgan fingerprint density at radius 1 is 0.875 bits per heavy atom. The van der Waals surface area contributed by atoms with E-state index in [1.54, 1.807) is 18.2 Å². The van der Waals surface area contributed by atoms with Crippen LogP contribution in [0.2, 0.25) is 0 Å². The Balaban J connectivity index is 1.68. The molecule has 0 amide bonds. The molecular formula is C25H22O7. The summed E-state index contributed by atoms with van der Waals surface area (Å²) < 4.78 is 27.8. The standard InChI is InChI=1S/C25H22O7/c1-28-22-9-15(10-23(29-2)25(22)30-3)14-31-17-11-18(26)24-19(27)13-20(32-21(24)12-17)16-7-5-4-6-8-16/h4-13,26H,14H2,1-3H3. The molecule has 0 atom stereocenters. The normalized spacial score (nSPS) is 10.7. The maximum absolute atomic E-state index is 12.6. The van der Waals surface area contributed by atoms with Crippen molar-refractivity contribution < 1.29 is 28.5 Å². The van der Waals surface area contributed by atoms with Gasteiger partial charge in [0.2, 0.25) is 5.75 Å². The molecule has 0 spiro atoms. The first-order valence-electron chi connectivity index (χ1n) is 9.82. The molecule has 4 rings (SSSR count). The molecule has 0 bridgehead atoms. The van der Waals surface area contributed by atoms with E-state index in [0.29, 0.717) is 28.8 Å². The molecule has 0 saturated carbocycles. The zero-order chi connectivity index (χ0) is 22.7. The number of phenols is 1. The summed E-state index contributed by atoms with van der Waals surface area (Å²) in [6.45, 7) is 0.157. The van der Waals surface area contributed by atoms with Gasteiger partial charge in [-0.05, 0) is 17.7 Å². The van der Waals surface area contributed by atoms with E-state index in [9.17, 15) is 9.90 Å². The minimum absolute atomic E-state index is 0.102. The summed E-state index contributed by atoms with van der Waals surface area (Å²) in [4.78, 5) is 12.6. The summed E-state index contributed by atoms with van der Waals surface area (Å²) in [5.74, 6) is 2.03. The topological polar surface area (TPSA) is 87.4 Å². The van der Waals surface area contributed by atoms with Gasteiger partial charge in [0.05, 0.1) is 21.3 Å². The zero-order valence-corrected chi connectivity index (χ0v) is 17.9. The molecule has 7 nitrogen and oxygen atoms in total. The molecule has 0 unspecified atom stereocenters. The maximum Gasteiger partial charge on any atom is 0.203 e. The Kier molecular flexibility index (Phi) is 5.89. The first kappa shape index (κ1) is 21.1. The van der Waals surface area contributed by atoms with Crippen molar-refractivity contribution in [1.82, 2.24) is 0 Å². The third-order valence-corrected chi connectivity index (χ3v) is 4.97. The molecule has 1 N–H and O–H groups in total. The van der Waals surface area contributed by atoms with Gasteiger partial charge in [-0.1, -0.05) is 30.3 Å². The Morgan fingerprint density at radius 2 is 1.56 bits per heavy atom. The number of benzene rings is 3. The third-order valence-electron chi connectivity index (χ3n) is 4.97. The highest BCUT2D eigenvalue weighted by Gasteiger charge is 2.15. The summed E-state index contributed by atoms with van der Waals surface area (Å²) in [6, 6.07) is 17.2. The Labute approximate surface area is 184 Å². The van der Waals surface area contributed by atoms with Crippen LogP contribution in [0, 0.1) is 0 Å². The van der Waals surface area contributed by atoms with E-state index in [4.69, 9.17) is 23.4 Å². The van der Waals surface area contributed by atoms with Gasteiger partial charge >= 0.3 is 0 Å². The predicted octanol–water partition coefficient (Wildman–Crippen LogP) is 4.77. The molecule has 0 aliphatic heterocycles. The number of aromatic hydroxyl groups is 1.